The highest BCUT2D eigenvalue weighted by atomic mass is 32.2. The van der Waals surface area contributed by atoms with E-state index >= 15 is 0 Å². The predicted molar refractivity (Wildman–Crippen MR) is 72.8 cm³/mol. The Hall–Kier alpha value is -2.06. The minimum atomic E-state index is -3.73. The molecule has 0 saturated heterocycles. The van der Waals surface area contributed by atoms with Crippen LogP contribution >= 0.6 is 0 Å². The molecule has 0 bridgehead atoms. The number of anilines is 2. The lowest BCUT2D eigenvalue weighted by atomic mass is 10.2. The molecule has 8 heteroatoms. The van der Waals surface area contributed by atoms with E-state index in [1.54, 1.807) is 16.9 Å². The highest BCUT2D eigenvalue weighted by Gasteiger charge is 2.09. The van der Waals surface area contributed by atoms with E-state index in [4.69, 9.17) is 10.9 Å². The zero-order valence-electron chi connectivity index (χ0n) is 10.4. The summed E-state index contributed by atoms with van der Waals surface area (Å²) in [6.07, 6.45) is 3.61. The Kier molecular flexibility index (Phi) is 3.45. The number of nitrogens with one attached hydrogen (secondary N) is 1. The van der Waals surface area contributed by atoms with Crippen LogP contribution in [-0.4, -0.2) is 18.2 Å². The maximum Gasteiger partial charge on any atom is 0.238 e. The predicted octanol–water partition coefficient (Wildman–Crippen LogP) is 0.262. The van der Waals surface area contributed by atoms with Gasteiger partial charge in [-0.05, 0) is 18.2 Å². The summed E-state index contributed by atoms with van der Waals surface area (Å²) in [5.74, 6) is 0. The number of aromatic nitrogens is 2. The number of benzene rings is 1. The summed E-state index contributed by atoms with van der Waals surface area (Å²) >= 11 is 0. The zero-order chi connectivity index (χ0) is 14.0. The fraction of sp³-hybridized carbons (Fsp3) is 0.182. The third-order valence-corrected chi connectivity index (χ3v) is 3.50. The highest BCUT2D eigenvalue weighted by Crippen LogP contribution is 2.22. The molecule has 0 radical (unpaired) electrons. The molecule has 0 atom stereocenters. The Labute approximate surface area is 111 Å². The molecule has 5 N–H and O–H groups in total. The quantitative estimate of drug-likeness (QED) is 0.695. The van der Waals surface area contributed by atoms with Crippen molar-refractivity contribution in [2.75, 3.05) is 11.1 Å². The van der Waals surface area contributed by atoms with Crippen LogP contribution in [0.5, 0.6) is 0 Å². The Morgan fingerprint density at radius 3 is 2.68 bits per heavy atom. The third kappa shape index (κ3) is 3.24. The van der Waals surface area contributed by atoms with Crippen LogP contribution in [0.1, 0.15) is 5.56 Å². The molecule has 0 saturated carbocycles. The molecular weight excluding hydrogens is 266 g/mol. The number of nitrogens with zero attached hydrogens (tertiary/aromatic N) is 2. The summed E-state index contributed by atoms with van der Waals surface area (Å²) in [5.41, 5.74) is 7.76. The van der Waals surface area contributed by atoms with Gasteiger partial charge in [-0.2, -0.15) is 5.10 Å². The molecule has 0 spiro atoms. The Bertz CT molecular complexity index is 693. The van der Waals surface area contributed by atoms with Crippen LogP contribution in [-0.2, 0) is 23.6 Å². The number of hydrogen-bond donors (Lipinski definition) is 3. The van der Waals surface area contributed by atoms with Crippen molar-refractivity contribution >= 4 is 21.4 Å². The van der Waals surface area contributed by atoms with Crippen LogP contribution in [0.3, 0.4) is 0 Å². The van der Waals surface area contributed by atoms with Crippen molar-refractivity contribution in [1.82, 2.24) is 9.78 Å². The molecule has 19 heavy (non-hydrogen) atoms. The first-order valence-electron chi connectivity index (χ1n) is 5.50. The average molecular weight is 281 g/mol. The number of sulfonamides is 1. The number of nitrogens with two attached hydrogens (primary N) is 2. The molecule has 0 aliphatic rings. The Morgan fingerprint density at radius 2 is 2.16 bits per heavy atom. The first-order chi connectivity index (χ1) is 8.86. The largest absolute Gasteiger partial charge is 0.397 e. The smallest absolute Gasteiger partial charge is 0.238 e. The number of primary sulfonamides is 1. The average Bonchev–Trinajstić information content (AvgIpc) is 2.72. The van der Waals surface area contributed by atoms with Gasteiger partial charge in [0.2, 0.25) is 10.0 Å². The van der Waals surface area contributed by atoms with Gasteiger partial charge in [-0.1, -0.05) is 0 Å². The number of aryl methyl sites for hydroxylation is 1. The van der Waals surface area contributed by atoms with Crippen molar-refractivity contribution in [3.63, 3.8) is 0 Å². The molecule has 0 aliphatic carbocycles. The maximum atomic E-state index is 11.2. The summed E-state index contributed by atoms with van der Waals surface area (Å²) < 4.78 is 24.0. The van der Waals surface area contributed by atoms with Gasteiger partial charge in [-0.15, -0.1) is 0 Å². The lowest BCUT2D eigenvalue weighted by molar-refractivity contribution is 0.598. The minimum Gasteiger partial charge on any atom is -0.397 e. The topological polar surface area (TPSA) is 116 Å². The van der Waals surface area contributed by atoms with Crippen molar-refractivity contribution in [2.24, 2.45) is 12.2 Å². The molecule has 0 fully saturated rings. The first-order valence-corrected chi connectivity index (χ1v) is 7.04. The van der Waals surface area contributed by atoms with Crippen LogP contribution in [0, 0.1) is 0 Å². The number of hydrogen-bond acceptors (Lipinski definition) is 5. The summed E-state index contributed by atoms with van der Waals surface area (Å²) in [7, 11) is -1.89. The van der Waals surface area contributed by atoms with Gasteiger partial charge in [-0.3, -0.25) is 4.68 Å². The molecule has 102 valence electrons. The molecule has 1 aromatic heterocycles. The number of rotatable bonds is 4. The van der Waals surface area contributed by atoms with E-state index < -0.39 is 10.0 Å². The van der Waals surface area contributed by atoms with E-state index in [1.807, 2.05) is 13.2 Å². The van der Waals surface area contributed by atoms with Crippen molar-refractivity contribution in [1.29, 1.82) is 0 Å². The van der Waals surface area contributed by atoms with Gasteiger partial charge < -0.3 is 11.1 Å². The van der Waals surface area contributed by atoms with Crippen LogP contribution in [0.25, 0.3) is 0 Å². The zero-order valence-corrected chi connectivity index (χ0v) is 11.2. The summed E-state index contributed by atoms with van der Waals surface area (Å²) in [5, 5.41) is 12.2. The van der Waals surface area contributed by atoms with Gasteiger partial charge in [0.05, 0.1) is 22.5 Å². The minimum absolute atomic E-state index is 0.00284. The first kappa shape index (κ1) is 13.4. The van der Waals surface area contributed by atoms with E-state index in [0.29, 0.717) is 17.9 Å². The van der Waals surface area contributed by atoms with Gasteiger partial charge in [-0.25, -0.2) is 13.6 Å². The molecule has 2 aromatic rings. The standard InChI is InChI=1S/C11H15N5O2S/c1-16-7-8(6-15-16)5-14-11-3-2-9(4-10(11)12)19(13,17)18/h2-4,6-7,14H,5,12H2,1H3,(H2,13,17,18). The summed E-state index contributed by atoms with van der Waals surface area (Å²) in [4.78, 5) is -0.00284. The van der Waals surface area contributed by atoms with Crippen molar-refractivity contribution in [3.05, 3.63) is 36.2 Å². The Balaban J connectivity index is 2.14. The van der Waals surface area contributed by atoms with Gasteiger partial charge in [0.25, 0.3) is 0 Å². The van der Waals surface area contributed by atoms with Crippen LogP contribution in [0.15, 0.2) is 35.5 Å². The molecule has 7 nitrogen and oxygen atoms in total. The molecule has 2 rings (SSSR count). The van der Waals surface area contributed by atoms with Gasteiger partial charge in [0.1, 0.15) is 0 Å². The SMILES string of the molecule is Cn1cc(CNc2ccc(S(N)(=O)=O)cc2N)cn1. The fourth-order valence-corrected chi connectivity index (χ4v) is 2.19. The van der Waals surface area contributed by atoms with Crippen LogP contribution < -0.4 is 16.2 Å². The van der Waals surface area contributed by atoms with E-state index in [2.05, 4.69) is 10.4 Å². The molecule has 1 aromatic carbocycles. The lowest BCUT2D eigenvalue weighted by Crippen LogP contribution is -2.13. The summed E-state index contributed by atoms with van der Waals surface area (Å²) in [6.45, 7) is 0.548. The molecule has 0 aliphatic heterocycles. The van der Waals surface area contributed by atoms with Crippen molar-refractivity contribution in [2.45, 2.75) is 11.4 Å². The molecule has 0 amide bonds. The van der Waals surface area contributed by atoms with E-state index in [1.165, 1.54) is 12.1 Å². The van der Waals surface area contributed by atoms with Crippen molar-refractivity contribution < 1.29 is 8.42 Å². The van der Waals surface area contributed by atoms with Crippen LogP contribution in [0.2, 0.25) is 0 Å². The second-order valence-electron chi connectivity index (χ2n) is 4.17. The van der Waals surface area contributed by atoms with E-state index in [-0.39, 0.29) is 4.90 Å². The van der Waals surface area contributed by atoms with E-state index in [9.17, 15) is 8.42 Å². The van der Waals surface area contributed by atoms with E-state index in [0.717, 1.165) is 5.56 Å². The van der Waals surface area contributed by atoms with Gasteiger partial charge in [0.15, 0.2) is 0 Å². The summed E-state index contributed by atoms with van der Waals surface area (Å²) in [6, 6.07) is 4.34. The monoisotopic (exact) mass is 281 g/mol. The highest BCUT2D eigenvalue weighted by molar-refractivity contribution is 7.89. The maximum absolute atomic E-state index is 11.2. The second-order valence-corrected chi connectivity index (χ2v) is 5.73. The molecular formula is C11H15N5O2S. The van der Waals surface area contributed by atoms with Crippen molar-refractivity contribution in [3.8, 4) is 0 Å². The fourth-order valence-electron chi connectivity index (χ4n) is 1.64. The van der Waals surface area contributed by atoms with Crippen LogP contribution in [0.4, 0.5) is 11.4 Å². The van der Waals surface area contributed by atoms with Gasteiger partial charge >= 0.3 is 0 Å². The second kappa shape index (κ2) is 4.90. The lowest BCUT2D eigenvalue weighted by Gasteiger charge is -2.09. The third-order valence-electron chi connectivity index (χ3n) is 2.59. The molecule has 1 heterocycles. The van der Waals surface area contributed by atoms with Gasteiger partial charge in [0, 0.05) is 25.4 Å². The Morgan fingerprint density at radius 1 is 1.42 bits per heavy atom. The normalized spacial score (nSPS) is 11.5. The number of nitrogen functional groups attached to an aromatic ring is 1. The molecule has 0 unspecified atom stereocenters.